The van der Waals surface area contributed by atoms with E-state index in [1.54, 1.807) is 0 Å². The summed E-state index contributed by atoms with van der Waals surface area (Å²) in [5.41, 5.74) is 2.08. The van der Waals surface area contributed by atoms with Gasteiger partial charge >= 0.3 is 0 Å². The van der Waals surface area contributed by atoms with E-state index < -0.39 is 6.40 Å². The van der Waals surface area contributed by atoms with E-state index in [1.807, 2.05) is 0 Å². The third-order valence-electron chi connectivity index (χ3n) is 4.94. The quantitative estimate of drug-likeness (QED) is 0.500. The topological polar surface area (TPSA) is 0 Å². The summed E-state index contributed by atoms with van der Waals surface area (Å²) < 4.78 is 17.1. The smallest absolute Gasteiger partial charge is 0.0317 e. The maximum absolute atomic E-state index is 8.58. The zero-order valence-corrected chi connectivity index (χ0v) is 12.0. The molecule has 4 rings (SSSR count). The third kappa shape index (κ3) is 1.48. The summed E-state index contributed by atoms with van der Waals surface area (Å²) in [6, 6.07) is 17.1. The Labute approximate surface area is 123 Å². The molecule has 100 valence electrons. The van der Waals surface area contributed by atoms with Crippen molar-refractivity contribution in [2.45, 2.75) is 38.5 Å². The maximum atomic E-state index is 8.58. The minimum absolute atomic E-state index is 0.207. The molecule has 0 amide bonds. The Morgan fingerprint density at radius 3 is 2.65 bits per heavy atom. The van der Waals surface area contributed by atoms with Crippen molar-refractivity contribution in [3.8, 4) is 0 Å². The van der Waals surface area contributed by atoms with Crippen LogP contribution in [0.25, 0.3) is 21.5 Å². The van der Waals surface area contributed by atoms with Gasteiger partial charge in [-0.15, -0.1) is 0 Å². The molecule has 0 fully saturated rings. The molecule has 20 heavy (non-hydrogen) atoms. The van der Waals surface area contributed by atoms with E-state index in [2.05, 4.69) is 62.4 Å². The molecule has 1 aliphatic rings. The van der Waals surface area contributed by atoms with Crippen LogP contribution in [0.15, 0.2) is 48.5 Å². The van der Waals surface area contributed by atoms with E-state index in [9.17, 15) is 0 Å². The third-order valence-corrected chi connectivity index (χ3v) is 4.94. The number of hydrogen-bond donors (Lipinski definition) is 0. The minimum atomic E-state index is -0.454. The van der Waals surface area contributed by atoms with Gasteiger partial charge in [-0.05, 0) is 57.3 Å². The van der Waals surface area contributed by atoms with Crippen molar-refractivity contribution < 1.29 is 2.74 Å². The van der Waals surface area contributed by atoms with Crippen LogP contribution in [0, 0.1) is 0 Å². The van der Waals surface area contributed by atoms with Crippen LogP contribution in [0.2, 0.25) is 0 Å². The SMILES string of the molecule is [2H]C1c2c(ccc3c2ccc2ccccc23)[C@@](C)(CC)C1[2H]. The maximum Gasteiger partial charge on any atom is 0.0317 e. The van der Waals surface area contributed by atoms with Crippen LogP contribution in [0.4, 0.5) is 0 Å². The fourth-order valence-corrected chi connectivity index (χ4v) is 3.45. The molecule has 0 heteroatoms. The van der Waals surface area contributed by atoms with Gasteiger partial charge in [0.15, 0.2) is 0 Å². The van der Waals surface area contributed by atoms with Crippen molar-refractivity contribution in [3.05, 3.63) is 59.7 Å². The zero-order valence-electron chi connectivity index (χ0n) is 14.0. The van der Waals surface area contributed by atoms with Crippen molar-refractivity contribution in [3.63, 3.8) is 0 Å². The van der Waals surface area contributed by atoms with Crippen molar-refractivity contribution in [2.75, 3.05) is 0 Å². The first-order valence-electron chi connectivity index (χ1n) is 8.52. The molecule has 0 aromatic heterocycles. The van der Waals surface area contributed by atoms with Gasteiger partial charge in [0.25, 0.3) is 0 Å². The highest BCUT2D eigenvalue weighted by Gasteiger charge is 2.33. The monoisotopic (exact) mass is 262 g/mol. The van der Waals surface area contributed by atoms with Crippen LogP contribution in [-0.4, -0.2) is 0 Å². The van der Waals surface area contributed by atoms with Crippen molar-refractivity contribution in [2.24, 2.45) is 0 Å². The average Bonchev–Trinajstić information content (AvgIpc) is 2.77. The van der Waals surface area contributed by atoms with Gasteiger partial charge in [0.05, 0.1) is 0 Å². The first kappa shape index (κ1) is 9.99. The zero-order chi connectivity index (χ0) is 15.5. The van der Waals surface area contributed by atoms with E-state index in [0.717, 1.165) is 17.4 Å². The Balaban J connectivity index is 2.12. The predicted octanol–water partition coefficient (Wildman–Crippen LogP) is 5.61. The van der Waals surface area contributed by atoms with E-state index in [0.29, 0.717) is 0 Å². The number of rotatable bonds is 1. The van der Waals surface area contributed by atoms with Gasteiger partial charge in [0.2, 0.25) is 0 Å². The van der Waals surface area contributed by atoms with Crippen LogP contribution in [0.3, 0.4) is 0 Å². The van der Waals surface area contributed by atoms with E-state index >= 15 is 0 Å². The largest absolute Gasteiger partial charge is 0.0645 e. The van der Waals surface area contributed by atoms with Crippen molar-refractivity contribution >= 4 is 21.5 Å². The fourth-order valence-electron chi connectivity index (χ4n) is 3.45. The summed E-state index contributed by atoms with van der Waals surface area (Å²) in [6.45, 7) is 4.28. The molecule has 3 aromatic carbocycles. The highest BCUT2D eigenvalue weighted by atomic mass is 14.4. The van der Waals surface area contributed by atoms with Gasteiger partial charge in [-0.2, -0.15) is 0 Å². The summed E-state index contributed by atoms with van der Waals surface area (Å²) in [4.78, 5) is 0. The lowest BCUT2D eigenvalue weighted by Gasteiger charge is -2.23. The Bertz CT molecular complexity index is 883. The highest BCUT2D eigenvalue weighted by molar-refractivity contribution is 6.08. The van der Waals surface area contributed by atoms with Crippen LogP contribution < -0.4 is 0 Å². The molecule has 0 saturated heterocycles. The summed E-state index contributed by atoms with van der Waals surface area (Å²) >= 11 is 0. The molecule has 0 saturated carbocycles. The second kappa shape index (κ2) is 4.09. The van der Waals surface area contributed by atoms with Crippen LogP contribution in [0.1, 0.15) is 40.5 Å². The summed E-state index contributed by atoms with van der Waals surface area (Å²) in [6.07, 6.45) is 0.0669. The first-order valence-corrected chi connectivity index (χ1v) is 7.37. The van der Waals surface area contributed by atoms with Gasteiger partial charge in [0.1, 0.15) is 0 Å². The Morgan fingerprint density at radius 2 is 1.80 bits per heavy atom. The molecule has 0 spiro atoms. The van der Waals surface area contributed by atoms with Crippen LogP contribution >= 0.6 is 0 Å². The van der Waals surface area contributed by atoms with Gasteiger partial charge in [0, 0.05) is 2.74 Å². The van der Waals surface area contributed by atoms with Crippen LogP contribution in [-0.2, 0) is 11.8 Å². The Kier molecular flexibility index (Phi) is 2.04. The second-order valence-electron chi connectivity index (χ2n) is 6.01. The Morgan fingerprint density at radius 1 is 1.00 bits per heavy atom. The van der Waals surface area contributed by atoms with Crippen molar-refractivity contribution in [1.82, 2.24) is 0 Å². The number of hydrogen-bond acceptors (Lipinski definition) is 0. The second-order valence-corrected chi connectivity index (χ2v) is 6.01. The molecule has 0 nitrogen and oxygen atoms in total. The summed E-state index contributed by atoms with van der Waals surface area (Å²) in [7, 11) is 0. The molecule has 0 aliphatic heterocycles. The number of aryl methyl sites for hydroxylation is 1. The van der Waals surface area contributed by atoms with E-state index in [1.165, 1.54) is 21.7 Å². The van der Waals surface area contributed by atoms with E-state index in [4.69, 9.17) is 2.74 Å². The highest BCUT2D eigenvalue weighted by Crippen LogP contribution is 2.44. The molecule has 0 N–H and O–H groups in total. The minimum Gasteiger partial charge on any atom is -0.0645 e. The lowest BCUT2D eigenvalue weighted by atomic mass is 9.81. The molecule has 2 unspecified atom stereocenters. The lowest BCUT2D eigenvalue weighted by molar-refractivity contribution is 0.453. The van der Waals surface area contributed by atoms with Gasteiger partial charge < -0.3 is 0 Å². The Hall–Kier alpha value is -1.82. The lowest BCUT2D eigenvalue weighted by Crippen LogP contribution is -2.16. The van der Waals surface area contributed by atoms with Gasteiger partial charge in [-0.1, -0.05) is 62.4 Å². The van der Waals surface area contributed by atoms with Crippen molar-refractivity contribution in [1.29, 1.82) is 0 Å². The number of benzene rings is 3. The fraction of sp³-hybridized carbons (Fsp3) is 0.300. The molecule has 0 radical (unpaired) electrons. The molecule has 0 heterocycles. The first-order chi connectivity index (χ1) is 10.6. The normalized spacial score (nSPS) is 30.3. The molecular weight excluding hydrogens is 240 g/mol. The molecule has 3 atom stereocenters. The molecule has 3 aromatic rings. The summed E-state index contributed by atoms with van der Waals surface area (Å²) in [5.74, 6) is 0. The summed E-state index contributed by atoms with van der Waals surface area (Å²) in [5, 5.41) is 4.84. The molecular formula is C20H20. The van der Waals surface area contributed by atoms with Gasteiger partial charge in [-0.3, -0.25) is 0 Å². The van der Waals surface area contributed by atoms with Gasteiger partial charge in [-0.25, -0.2) is 0 Å². The average molecular weight is 262 g/mol. The van der Waals surface area contributed by atoms with E-state index in [-0.39, 0.29) is 11.8 Å². The van der Waals surface area contributed by atoms with Crippen LogP contribution in [0.5, 0.6) is 0 Å². The predicted molar refractivity (Wildman–Crippen MR) is 87.4 cm³/mol. The standard InChI is InChI=1S/C20H20/c1-3-20(2)13-12-18-17-9-8-14-6-4-5-7-15(14)16(17)10-11-19(18)20/h4-11H,3,12-13H2,1-2H3/t20-/m0/s1/i12D,13D/t12?,13?,20-. The molecule has 0 bridgehead atoms. The number of fused-ring (bicyclic) bond motifs is 5. The molecule has 1 aliphatic carbocycles.